The molecule has 1 aromatic heterocycles. The molecule has 5 aliphatic rings. The van der Waals surface area contributed by atoms with Crippen LogP contribution < -0.4 is 10.6 Å². The maximum atomic E-state index is 5.09. The quantitative estimate of drug-likeness (QED) is 0.271. The molecule has 3 N–H and O–H groups in total. The Hall–Kier alpha value is -4.60. The van der Waals surface area contributed by atoms with Crippen LogP contribution in [0.1, 0.15) is 36.4 Å². The van der Waals surface area contributed by atoms with E-state index < -0.39 is 0 Å². The van der Waals surface area contributed by atoms with Crippen molar-refractivity contribution in [3.8, 4) is 0 Å². The summed E-state index contributed by atoms with van der Waals surface area (Å²) in [7, 11) is 0. The monoisotopic (exact) mass is 639 g/mol. The molecule has 3 aromatic rings. The summed E-state index contributed by atoms with van der Waals surface area (Å²) in [4.78, 5) is 28.8. The van der Waals surface area contributed by atoms with Crippen LogP contribution in [-0.2, 0) is 13.0 Å². The van der Waals surface area contributed by atoms with E-state index >= 15 is 0 Å². The third-order valence-corrected chi connectivity index (χ3v) is 9.86. The van der Waals surface area contributed by atoms with Crippen molar-refractivity contribution >= 4 is 34.1 Å². The Bertz CT molecular complexity index is 1950. The molecule has 0 amide bonds. The van der Waals surface area contributed by atoms with Gasteiger partial charge in [0.05, 0.1) is 60.5 Å². The van der Waals surface area contributed by atoms with Gasteiger partial charge in [-0.2, -0.15) is 0 Å². The van der Waals surface area contributed by atoms with E-state index in [0.29, 0.717) is 6.54 Å². The predicted molar refractivity (Wildman–Crippen MR) is 197 cm³/mol. The number of hydrogen-bond acceptors (Lipinski definition) is 8. The van der Waals surface area contributed by atoms with E-state index in [-0.39, 0.29) is 24.2 Å². The number of fused-ring (bicyclic) bond motifs is 4. The van der Waals surface area contributed by atoms with Crippen molar-refractivity contribution in [1.82, 2.24) is 30.4 Å². The Kier molecular flexibility index (Phi) is 8.18. The number of aryl methyl sites for hydroxylation is 2. The molecule has 9 nitrogen and oxygen atoms in total. The molecule has 2 aromatic carbocycles. The lowest BCUT2D eigenvalue weighted by molar-refractivity contribution is 0.240. The fourth-order valence-electron chi connectivity index (χ4n) is 7.45. The van der Waals surface area contributed by atoms with Gasteiger partial charge in [-0.3, -0.25) is 24.8 Å². The SMILES string of the molecule is CC1=CC2NC(CN(CCN(CC3=NC4C=CC(C)=CC4N3)Cc3nc4ccc(C)cc4[nH]3)CC3=Nc4ccc(C)cc4C3)=NC2C=C1. The summed E-state index contributed by atoms with van der Waals surface area (Å²) >= 11 is 0. The molecule has 9 heteroatoms. The normalized spacial score (nSPS) is 23.8. The van der Waals surface area contributed by atoms with Crippen LogP contribution in [0.3, 0.4) is 0 Å². The standard InChI is InChI=1S/C39H45N9/c1-24-5-9-30-28(15-24)19-29(40-30)20-47(21-37-41-31-10-6-25(2)16-34(31)44-37)13-14-48(22-38-42-32-11-7-26(3)17-35(32)45-38)23-39-43-33-12-8-27(4)18-36(33)46-39/h5-12,15-18,31-32,34-35H,13-14,19-23H2,1-4H3,(H,41,44)(H,42,45)(H,43,46). The summed E-state index contributed by atoms with van der Waals surface area (Å²) in [5.74, 6) is 3.05. The molecule has 4 heterocycles. The van der Waals surface area contributed by atoms with E-state index in [2.05, 4.69) is 126 Å². The third kappa shape index (κ3) is 6.70. The van der Waals surface area contributed by atoms with Gasteiger partial charge in [-0.15, -0.1) is 0 Å². The second kappa shape index (κ2) is 12.8. The summed E-state index contributed by atoms with van der Waals surface area (Å²) < 4.78 is 0. The smallest absolute Gasteiger partial charge is 0.121 e. The van der Waals surface area contributed by atoms with Crippen LogP contribution in [0, 0.1) is 13.8 Å². The highest BCUT2D eigenvalue weighted by atomic mass is 15.3. The number of aliphatic imine (C=N–C) groups is 3. The van der Waals surface area contributed by atoms with Crippen molar-refractivity contribution in [1.29, 1.82) is 0 Å². The first-order valence-corrected chi connectivity index (χ1v) is 17.3. The number of benzene rings is 2. The molecule has 4 unspecified atom stereocenters. The van der Waals surface area contributed by atoms with Crippen LogP contribution in [0.2, 0.25) is 0 Å². The lowest BCUT2D eigenvalue weighted by Gasteiger charge is -2.28. The van der Waals surface area contributed by atoms with E-state index in [0.717, 1.165) is 73.4 Å². The van der Waals surface area contributed by atoms with Gasteiger partial charge in [0.2, 0.25) is 0 Å². The summed E-state index contributed by atoms with van der Waals surface area (Å²) in [5, 5.41) is 7.41. The van der Waals surface area contributed by atoms with Gasteiger partial charge in [-0.25, -0.2) is 4.98 Å². The largest absolute Gasteiger partial charge is 0.364 e. The summed E-state index contributed by atoms with van der Waals surface area (Å²) in [5.41, 5.74) is 10.8. The van der Waals surface area contributed by atoms with Crippen molar-refractivity contribution in [3.63, 3.8) is 0 Å². The second-order valence-corrected chi connectivity index (χ2v) is 14.1. The van der Waals surface area contributed by atoms with Crippen molar-refractivity contribution in [2.75, 3.05) is 32.7 Å². The Balaban J connectivity index is 1.02. The van der Waals surface area contributed by atoms with Gasteiger partial charge < -0.3 is 15.6 Å². The van der Waals surface area contributed by atoms with E-state index in [1.807, 2.05) is 0 Å². The fourth-order valence-corrected chi connectivity index (χ4v) is 7.45. The first-order chi connectivity index (χ1) is 23.3. The number of imidazole rings is 1. The van der Waals surface area contributed by atoms with Gasteiger partial charge in [-0.1, -0.05) is 71.4 Å². The number of H-pyrrole nitrogens is 1. The van der Waals surface area contributed by atoms with Gasteiger partial charge in [-0.05, 0) is 57.0 Å². The molecule has 0 saturated heterocycles. The minimum absolute atomic E-state index is 0.156. The maximum absolute atomic E-state index is 5.09. The minimum atomic E-state index is 0.156. The Morgan fingerprint density at radius 1 is 0.729 bits per heavy atom. The number of nitrogens with zero attached hydrogens (tertiary/aromatic N) is 6. The van der Waals surface area contributed by atoms with Gasteiger partial charge in [0.15, 0.2) is 0 Å². The van der Waals surface area contributed by atoms with Crippen molar-refractivity contribution < 1.29 is 0 Å². The highest BCUT2D eigenvalue weighted by Gasteiger charge is 2.30. The molecule has 0 fully saturated rings. The second-order valence-electron chi connectivity index (χ2n) is 14.1. The average Bonchev–Trinajstić information content (AvgIpc) is 3.83. The minimum Gasteiger partial charge on any atom is -0.364 e. The molecular formula is C39H45N9. The predicted octanol–water partition coefficient (Wildman–Crippen LogP) is 5.12. The number of rotatable bonds is 11. The molecule has 0 radical (unpaired) electrons. The number of allylic oxidation sites excluding steroid dienone is 4. The zero-order chi connectivity index (χ0) is 32.8. The maximum Gasteiger partial charge on any atom is 0.121 e. The number of amidine groups is 2. The molecule has 4 atom stereocenters. The van der Waals surface area contributed by atoms with Crippen LogP contribution in [0.15, 0.2) is 99.0 Å². The molecular weight excluding hydrogens is 594 g/mol. The van der Waals surface area contributed by atoms with E-state index in [1.165, 1.54) is 33.5 Å². The zero-order valence-electron chi connectivity index (χ0n) is 28.4. The van der Waals surface area contributed by atoms with Crippen LogP contribution in [0.5, 0.6) is 0 Å². The number of hydrogen-bond donors (Lipinski definition) is 3. The Morgan fingerprint density at radius 3 is 2.04 bits per heavy atom. The molecule has 0 spiro atoms. The van der Waals surface area contributed by atoms with Crippen LogP contribution >= 0.6 is 0 Å². The van der Waals surface area contributed by atoms with Gasteiger partial charge in [0.25, 0.3) is 0 Å². The van der Waals surface area contributed by atoms with Crippen molar-refractivity contribution in [3.05, 3.63) is 107 Å². The van der Waals surface area contributed by atoms with Crippen molar-refractivity contribution in [2.24, 2.45) is 15.0 Å². The molecule has 8 rings (SSSR count). The highest BCUT2D eigenvalue weighted by molar-refractivity contribution is 5.96. The van der Waals surface area contributed by atoms with Gasteiger partial charge in [0.1, 0.15) is 17.5 Å². The molecule has 246 valence electrons. The first-order valence-electron chi connectivity index (χ1n) is 17.3. The summed E-state index contributed by atoms with van der Waals surface area (Å²) in [6, 6.07) is 13.8. The number of aromatic amines is 1. The summed E-state index contributed by atoms with van der Waals surface area (Å²) in [6.07, 6.45) is 14.3. The van der Waals surface area contributed by atoms with Gasteiger partial charge in [0, 0.05) is 31.8 Å². The number of aromatic nitrogens is 2. The van der Waals surface area contributed by atoms with Crippen LogP contribution in [0.25, 0.3) is 11.0 Å². The van der Waals surface area contributed by atoms with Gasteiger partial charge >= 0.3 is 0 Å². The first kappa shape index (κ1) is 30.7. The number of nitrogens with one attached hydrogen (secondary N) is 3. The topological polar surface area (TPSA) is 96.3 Å². The molecule has 0 bridgehead atoms. The molecule has 0 saturated carbocycles. The highest BCUT2D eigenvalue weighted by Crippen LogP contribution is 2.28. The van der Waals surface area contributed by atoms with Crippen LogP contribution in [-0.4, -0.2) is 94.0 Å². The average molecular weight is 640 g/mol. The van der Waals surface area contributed by atoms with E-state index in [1.54, 1.807) is 0 Å². The Morgan fingerprint density at radius 2 is 1.35 bits per heavy atom. The van der Waals surface area contributed by atoms with Crippen molar-refractivity contribution in [2.45, 2.75) is 64.8 Å². The van der Waals surface area contributed by atoms with E-state index in [9.17, 15) is 0 Å². The lowest BCUT2D eigenvalue weighted by atomic mass is 10.0. The summed E-state index contributed by atoms with van der Waals surface area (Å²) in [6.45, 7) is 13.2. The molecule has 48 heavy (non-hydrogen) atoms. The van der Waals surface area contributed by atoms with E-state index in [4.69, 9.17) is 20.0 Å². The van der Waals surface area contributed by atoms with Crippen LogP contribution in [0.4, 0.5) is 5.69 Å². The molecule has 3 aliphatic heterocycles. The molecule has 2 aliphatic carbocycles. The zero-order valence-corrected chi connectivity index (χ0v) is 28.4. The fraction of sp³-hybridized carbons (Fsp3) is 0.385. The lowest BCUT2D eigenvalue weighted by Crippen LogP contribution is -2.45. The Labute approximate surface area is 283 Å². The third-order valence-electron chi connectivity index (χ3n) is 9.86.